The molecule has 0 radical (unpaired) electrons. The smallest absolute Gasteiger partial charge is 0.257 e. The summed E-state index contributed by atoms with van der Waals surface area (Å²) in [5, 5.41) is 7.15. The van der Waals surface area contributed by atoms with E-state index in [0.717, 1.165) is 22.4 Å². The second-order valence-corrected chi connectivity index (χ2v) is 7.51. The van der Waals surface area contributed by atoms with Crippen LogP contribution in [-0.4, -0.2) is 40.1 Å². The highest BCUT2D eigenvalue weighted by Crippen LogP contribution is 2.22. The zero-order valence-electron chi connectivity index (χ0n) is 17.8. The minimum Gasteiger partial charge on any atom is -0.332 e. The Hall–Kier alpha value is -3.48. The maximum absolute atomic E-state index is 13.2. The van der Waals surface area contributed by atoms with Crippen molar-refractivity contribution in [3.05, 3.63) is 76.4 Å². The van der Waals surface area contributed by atoms with Gasteiger partial charge in [-0.1, -0.05) is 17.7 Å². The fraction of sp³-hybridized carbons (Fsp3) is 0.261. The lowest BCUT2D eigenvalue weighted by Gasteiger charge is -2.18. The summed E-state index contributed by atoms with van der Waals surface area (Å²) in [6, 6.07) is 9.86. The second-order valence-electron chi connectivity index (χ2n) is 7.51. The summed E-state index contributed by atoms with van der Waals surface area (Å²) in [6.45, 7) is 7.56. The number of anilines is 1. The van der Waals surface area contributed by atoms with Gasteiger partial charge in [-0.15, -0.1) is 0 Å². The molecule has 0 fully saturated rings. The van der Waals surface area contributed by atoms with Gasteiger partial charge in [-0.3, -0.25) is 9.59 Å². The van der Waals surface area contributed by atoms with E-state index in [0.29, 0.717) is 16.9 Å². The first-order valence-corrected chi connectivity index (χ1v) is 9.61. The Morgan fingerprint density at radius 1 is 1.07 bits per heavy atom. The first kappa shape index (κ1) is 21.2. The van der Waals surface area contributed by atoms with E-state index in [9.17, 15) is 14.0 Å². The van der Waals surface area contributed by atoms with E-state index in [1.807, 2.05) is 32.9 Å². The molecule has 0 bridgehead atoms. The predicted molar refractivity (Wildman–Crippen MR) is 115 cm³/mol. The standard InChI is InChI=1S/C23H25FN4O2/c1-14-10-15(2)22(16(3)11-14)26-21(29)13-27(5)23(30)20-12-25-28(17(20)4)19-8-6-18(24)7-9-19/h6-12H,13H2,1-5H3,(H,26,29). The van der Waals surface area contributed by atoms with Crippen LogP contribution in [0.2, 0.25) is 0 Å². The third-order valence-corrected chi connectivity index (χ3v) is 4.98. The number of hydrogen-bond acceptors (Lipinski definition) is 3. The van der Waals surface area contributed by atoms with Gasteiger partial charge in [0.2, 0.25) is 5.91 Å². The van der Waals surface area contributed by atoms with Crippen LogP contribution in [0.1, 0.15) is 32.7 Å². The monoisotopic (exact) mass is 408 g/mol. The van der Waals surface area contributed by atoms with Crippen LogP contribution in [0.3, 0.4) is 0 Å². The summed E-state index contributed by atoms with van der Waals surface area (Å²) in [5.41, 5.74) is 5.51. The maximum Gasteiger partial charge on any atom is 0.257 e. The van der Waals surface area contributed by atoms with Crippen LogP contribution >= 0.6 is 0 Å². The third kappa shape index (κ3) is 4.40. The Balaban J connectivity index is 1.72. The fourth-order valence-electron chi connectivity index (χ4n) is 3.51. The average molecular weight is 408 g/mol. The summed E-state index contributed by atoms with van der Waals surface area (Å²) >= 11 is 0. The van der Waals surface area contributed by atoms with Gasteiger partial charge in [-0.25, -0.2) is 9.07 Å². The number of carbonyl (C=O) groups excluding carboxylic acids is 2. The van der Waals surface area contributed by atoms with Crippen LogP contribution in [0.25, 0.3) is 5.69 Å². The molecule has 0 aliphatic rings. The van der Waals surface area contributed by atoms with Crippen LogP contribution in [0.4, 0.5) is 10.1 Å². The first-order chi connectivity index (χ1) is 14.2. The highest BCUT2D eigenvalue weighted by molar-refractivity contribution is 6.00. The van der Waals surface area contributed by atoms with Gasteiger partial charge in [0.05, 0.1) is 29.7 Å². The van der Waals surface area contributed by atoms with E-state index in [2.05, 4.69) is 10.4 Å². The van der Waals surface area contributed by atoms with Crippen LogP contribution < -0.4 is 5.32 Å². The van der Waals surface area contributed by atoms with Crippen LogP contribution in [0.15, 0.2) is 42.6 Å². The average Bonchev–Trinajstić information content (AvgIpc) is 3.06. The molecule has 1 N–H and O–H groups in total. The van der Waals surface area contributed by atoms with E-state index >= 15 is 0 Å². The minimum atomic E-state index is -0.343. The molecule has 2 amide bonds. The maximum atomic E-state index is 13.2. The summed E-state index contributed by atoms with van der Waals surface area (Å²) in [4.78, 5) is 26.7. The van der Waals surface area contributed by atoms with Gasteiger partial charge in [0, 0.05) is 12.7 Å². The second kappa shape index (κ2) is 8.49. The number of carbonyl (C=O) groups is 2. The molecule has 6 nitrogen and oxygen atoms in total. The topological polar surface area (TPSA) is 67.2 Å². The first-order valence-electron chi connectivity index (χ1n) is 9.61. The normalized spacial score (nSPS) is 10.7. The highest BCUT2D eigenvalue weighted by Gasteiger charge is 2.21. The lowest BCUT2D eigenvalue weighted by atomic mass is 10.1. The zero-order chi connectivity index (χ0) is 22.0. The van der Waals surface area contributed by atoms with Crippen molar-refractivity contribution in [2.75, 3.05) is 18.9 Å². The van der Waals surface area contributed by atoms with Crippen LogP contribution in [0.5, 0.6) is 0 Å². The number of nitrogens with zero attached hydrogens (tertiary/aromatic N) is 3. The Labute approximate surface area is 175 Å². The Bertz CT molecular complexity index is 1080. The van der Waals surface area contributed by atoms with Crippen molar-refractivity contribution < 1.29 is 14.0 Å². The number of aryl methyl sites for hydroxylation is 3. The quantitative estimate of drug-likeness (QED) is 0.695. The number of aromatic nitrogens is 2. The Morgan fingerprint density at radius 3 is 2.27 bits per heavy atom. The molecule has 0 aliphatic heterocycles. The number of hydrogen-bond donors (Lipinski definition) is 1. The van der Waals surface area contributed by atoms with Gasteiger partial charge in [-0.2, -0.15) is 5.10 Å². The molecule has 30 heavy (non-hydrogen) atoms. The number of nitrogens with one attached hydrogen (secondary N) is 1. The molecule has 0 saturated heterocycles. The largest absolute Gasteiger partial charge is 0.332 e. The van der Waals surface area contributed by atoms with Crippen LogP contribution in [-0.2, 0) is 4.79 Å². The minimum absolute atomic E-state index is 0.0905. The summed E-state index contributed by atoms with van der Waals surface area (Å²) < 4.78 is 14.7. The van der Waals surface area contributed by atoms with Crippen LogP contribution in [0, 0.1) is 33.5 Å². The predicted octanol–water partition coefficient (Wildman–Crippen LogP) is 3.96. The van der Waals surface area contributed by atoms with Crippen molar-refractivity contribution in [2.45, 2.75) is 27.7 Å². The van der Waals surface area contributed by atoms with Gasteiger partial charge in [-0.05, 0) is 63.1 Å². The molecule has 3 aromatic rings. The third-order valence-electron chi connectivity index (χ3n) is 4.98. The summed E-state index contributed by atoms with van der Waals surface area (Å²) in [6.07, 6.45) is 1.46. The number of likely N-dealkylation sites (N-methyl/N-ethyl adjacent to an activating group) is 1. The molecule has 1 heterocycles. The van der Waals surface area contributed by atoms with Crippen molar-refractivity contribution in [3.63, 3.8) is 0 Å². The van der Waals surface area contributed by atoms with Gasteiger partial charge in [0.15, 0.2) is 0 Å². The molecule has 3 rings (SSSR count). The van der Waals surface area contributed by atoms with Crippen molar-refractivity contribution >= 4 is 17.5 Å². The molecule has 0 spiro atoms. The zero-order valence-corrected chi connectivity index (χ0v) is 17.8. The van der Waals surface area contributed by atoms with Crippen molar-refractivity contribution in [1.82, 2.24) is 14.7 Å². The van der Waals surface area contributed by atoms with Crippen molar-refractivity contribution in [3.8, 4) is 5.69 Å². The van der Waals surface area contributed by atoms with E-state index < -0.39 is 0 Å². The Morgan fingerprint density at radius 2 is 1.67 bits per heavy atom. The molecule has 2 aromatic carbocycles. The molecule has 0 unspecified atom stereocenters. The highest BCUT2D eigenvalue weighted by atomic mass is 19.1. The van der Waals surface area contributed by atoms with E-state index in [4.69, 9.17) is 0 Å². The Kier molecular flexibility index (Phi) is 6.01. The van der Waals surface area contributed by atoms with Crippen molar-refractivity contribution in [2.24, 2.45) is 0 Å². The lowest BCUT2D eigenvalue weighted by Crippen LogP contribution is -2.35. The molecular weight excluding hydrogens is 383 g/mol. The molecule has 0 saturated carbocycles. The fourth-order valence-corrected chi connectivity index (χ4v) is 3.51. The molecule has 0 aliphatic carbocycles. The van der Waals surface area contributed by atoms with Gasteiger partial charge in [0.1, 0.15) is 5.82 Å². The van der Waals surface area contributed by atoms with Gasteiger partial charge in [0.25, 0.3) is 5.91 Å². The van der Waals surface area contributed by atoms with E-state index in [1.54, 1.807) is 30.8 Å². The van der Waals surface area contributed by atoms with Gasteiger partial charge < -0.3 is 10.2 Å². The van der Waals surface area contributed by atoms with E-state index in [1.165, 1.54) is 23.2 Å². The number of rotatable bonds is 5. The molecular formula is C23H25FN4O2. The molecule has 1 aromatic heterocycles. The summed E-state index contributed by atoms with van der Waals surface area (Å²) in [7, 11) is 1.57. The summed E-state index contributed by atoms with van der Waals surface area (Å²) in [5.74, 6) is -0.928. The number of benzene rings is 2. The molecule has 0 atom stereocenters. The lowest BCUT2D eigenvalue weighted by molar-refractivity contribution is -0.116. The number of halogens is 1. The molecule has 156 valence electrons. The van der Waals surface area contributed by atoms with E-state index in [-0.39, 0.29) is 24.2 Å². The number of amides is 2. The molecule has 7 heteroatoms. The van der Waals surface area contributed by atoms with Gasteiger partial charge >= 0.3 is 0 Å². The van der Waals surface area contributed by atoms with Crippen molar-refractivity contribution in [1.29, 1.82) is 0 Å². The SMILES string of the molecule is Cc1cc(C)c(NC(=O)CN(C)C(=O)c2cnn(-c3ccc(F)cc3)c2C)c(C)c1.